The van der Waals surface area contributed by atoms with E-state index in [1.165, 1.54) is 17.7 Å². The Balaban J connectivity index is 1.86. The average Bonchev–Trinajstić information content (AvgIpc) is 2.52. The summed E-state index contributed by atoms with van der Waals surface area (Å²) in [6, 6.07) is -0.646. The molecule has 1 amide bonds. The zero-order valence-electron chi connectivity index (χ0n) is 16.0. The minimum Gasteiger partial charge on any atom is -0.480 e. The second kappa shape index (κ2) is 8.36. The van der Waals surface area contributed by atoms with Crippen LogP contribution in [0.15, 0.2) is 0 Å². The van der Waals surface area contributed by atoms with Crippen LogP contribution in [0.4, 0.5) is 4.79 Å². The minimum absolute atomic E-state index is 0.192. The molecule has 0 radical (unpaired) electrons. The van der Waals surface area contributed by atoms with Crippen LogP contribution in [-0.4, -0.2) is 89.8 Å². The zero-order chi connectivity index (χ0) is 18.6. The van der Waals surface area contributed by atoms with Gasteiger partial charge in [0.25, 0.3) is 0 Å². The van der Waals surface area contributed by atoms with Crippen molar-refractivity contribution in [1.29, 1.82) is 0 Å². The summed E-state index contributed by atoms with van der Waals surface area (Å²) < 4.78 is 5.38. The van der Waals surface area contributed by atoms with Crippen molar-refractivity contribution in [2.24, 2.45) is 5.92 Å². The molecule has 144 valence electrons. The molecule has 1 atom stereocenters. The highest BCUT2D eigenvalue weighted by Crippen LogP contribution is 2.22. The summed E-state index contributed by atoms with van der Waals surface area (Å²) in [6.45, 7) is 9.78. The molecule has 7 nitrogen and oxygen atoms in total. The predicted molar refractivity (Wildman–Crippen MR) is 95.6 cm³/mol. The van der Waals surface area contributed by atoms with Crippen LogP contribution in [0.5, 0.6) is 0 Å². The molecule has 25 heavy (non-hydrogen) atoms. The summed E-state index contributed by atoms with van der Waals surface area (Å²) in [4.78, 5) is 29.8. The Hall–Kier alpha value is -1.34. The van der Waals surface area contributed by atoms with E-state index in [2.05, 4.69) is 11.9 Å². The van der Waals surface area contributed by atoms with E-state index in [-0.39, 0.29) is 6.54 Å². The summed E-state index contributed by atoms with van der Waals surface area (Å²) >= 11 is 0. The Morgan fingerprint density at radius 1 is 1.12 bits per heavy atom. The number of likely N-dealkylation sites (tertiary alicyclic amines) is 1. The van der Waals surface area contributed by atoms with Gasteiger partial charge in [-0.3, -0.25) is 9.69 Å². The number of carbonyl (C=O) groups is 2. The van der Waals surface area contributed by atoms with Crippen LogP contribution in [0.2, 0.25) is 0 Å². The molecule has 0 aromatic carbocycles. The Bertz CT molecular complexity index is 469. The largest absolute Gasteiger partial charge is 0.480 e. The molecule has 2 aliphatic rings. The smallest absolute Gasteiger partial charge is 0.410 e. The predicted octanol–water partition coefficient (Wildman–Crippen LogP) is 1.72. The number of ether oxygens (including phenoxy) is 1. The maximum atomic E-state index is 12.2. The molecule has 0 aliphatic carbocycles. The van der Waals surface area contributed by atoms with E-state index in [1.54, 1.807) is 0 Å². The van der Waals surface area contributed by atoms with Gasteiger partial charge in [0.2, 0.25) is 0 Å². The zero-order valence-corrected chi connectivity index (χ0v) is 16.0. The SMILES string of the molecule is CN1CCC(CCN2CCN(C(=O)OC(C)(C)C)CC2C(=O)O)CC1. The minimum atomic E-state index is -0.864. The topological polar surface area (TPSA) is 73.3 Å². The normalized spacial score (nSPS) is 24.3. The number of carbonyl (C=O) groups excluding carboxylic acids is 1. The molecule has 0 bridgehead atoms. The molecule has 2 aliphatic heterocycles. The van der Waals surface area contributed by atoms with Crippen LogP contribution in [0.25, 0.3) is 0 Å². The van der Waals surface area contributed by atoms with Gasteiger partial charge in [0.05, 0.1) is 6.54 Å². The summed E-state index contributed by atoms with van der Waals surface area (Å²) in [7, 11) is 2.15. The second-order valence-electron chi connectivity index (χ2n) is 8.35. The highest BCUT2D eigenvalue weighted by Gasteiger charge is 2.36. The number of amides is 1. The van der Waals surface area contributed by atoms with Gasteiger partial charge in [-0.15, -0.1) is 0 Å². The van der Waals surface area contributed by atoms with Crippen LogP contribution in [0, 0.1) is 5.92 Å². The van der Waals surface area contributed by atoms with Gasteiger partial charge < -0.3 is 19.6 Å². The first kappa shape index (κ1) is 20.0. The van der Waals surface area contributed by atoms with E-state index in [1.807, 2.05) is 25.7 Å². The van der Waals surface area contributed by atoms with Gasteiger partial charge in [0.1, 0.15) is 11.6 Å². The van der Waals surface area contributed by atoms with Crippen molar-refractivity contribution in [3.63, 3.8) is 0 Å². The fraction of sp³-hybridized carbons (Fsp3) is 0.889. The van der Waals surface area contributed by atoms with Crippen LogP contribution in [0.1, 0.15) is 40.0 Å². The van der Waals surface area contributed by atoms with Crippen LogP contribution >= 0.6 is 0 Å². The number of nitrogens with zero attached hydrogens (tertiary/aromatic N) is 3. The summed E-state index contributed by atoms with van der Waals surface area (Å²) in [6.07, 6.45) is 2.98. The first-order chi connectivity index (χ1) is 11.7. The lowest BCUT2D eigenvalue weighted by atomic mass is 9.93. The fourth-order valence-corrected chi connectivity index (χ4v) is 3.51. The number of carboxylic acids is 1. The number of rotatable bonds is 4. The van der Waals surface area contributed by atoms with Crippen molar-refractivity contribution < 1.29 is 19.4 Å². The number of hydrogen-bond donors (Lipinski definition) is 1. The standard InChI is InChI=1S/C18H33N3O4/c1-18(2,3)25-17(24)21-12-11-20(15(13-21)16(22)23)10-7-14-5-8-19(4)9-6-14/h14-15H,5-13H2,1-4H3,(H,22,23). The van der Waals surface area contributed by atoms with Crippen molar-refractivity contribution in [2.45, 2.75) is 51.7 Å². The molecule has 0 aromatic rings. The number of piperidine rings is 1. The first-order valence-corrected chi connectivity index (χ1v) is 9.29. The van der Waals surface area contributed by atoms with Crippen molar-refractivity contribution in [1.82, 2.24) is 14.7 Å². The van der Waals surface area contributed by atoms with Gasteiger partial charge in [-0.25, -0.2) is 4.79 Å². The van der Waals surface area contributed by atoms with Crippen molar-refractivity contribution in [3.05, 3.63) is 0 Å². The molecule has 1 N–H and O–H groups in total. The summed E-state index contributed by atoms with van der Waals surface area (Å²) in [5.74, 6) is -0.189. The Labute approximate surface area is 150 Å². The first-order valence-electron chi connectivity index (χ1n) is 9.29. The summed E-state index contributed by atoms with van der Waals surface area (Å²) in [5, 5.41) is 9.59. The van der Waals surface area contributed by atoms with E-state index in [0.717, 1.165) is 26.1 Å². The number of piperazine rings is 1. The molecule has 2 saturated heterocycles. The molecule has 2 rings (SSSR count). The van der Waals surface area contributed by atoms with Gasteiger partial charge in [-0.2, -0.15) is 0 Å². The highest BCUT2D eigenvalue weighted by atomic mass is 16.6. The van der Waals surface area contributed by atoms with Crippen molar-refractivity contribution in [3.8, 4) is 0 Å². The van der Waals surface area contributed by atoms with Gasteiger partial charge >= 0.3 is 12.1 Å². The van der Waals surface area contributed by atoms with Crippen molar-refractivity contribution >= 4 is 12.1 Å². The van der Waals surface area contributed by atoms with Crippen LogP contribution in [0.3, 0.4) is 0 Å². The Morgan fingerprint density at radius 2 is 1.76 bits per heavy atom. The summed E-state index contributed by atoms with van der Waals surface area (Å²) in [5.41, 5.74) is -0.568. The van der Waals surface area contributed by atoms with Gasteiger partial charge in [-0.05, 0) is 72.6 Å². The molecule has 0 spiro atoms. The molecular weight excluding hydrogens is 322 g/mol. The number of hydrogen-bond acceptors (Lipinski definition) is 5. The molecule has 2 heterocycles. The lowest BCUT2D eigenvalue weighted by molar-refractivity contribution is -0.145. The third-order valence-electron chi connectivity index (χ3n) is 5.09. The monoisotopic (exact) mass is 355 g/mol. The van der Waals surface area contributed by atoms with E-state index < -0.39 is 23.7 Å². The third kappa shape index (κ3) is 6.15. The van der Waals surface area contributed by atoms with Crippen LogP contribution < -0.4 is 0 Å². The number of carboxylic acid groups (broad SMARTS) is 1. The quantitative estimate of drug-likeness (QED) is 0.828. The van der Waals surface area contributed by atoms with Crippen LogP contribution in [-0.2, 0) is 9.53 Å². The maximum Gasteiger partial charge on any atom is 0.410 e. The highest BCUT2D eigenvalue weighted by molar-refractivity contribution is 5.76. The molecule has 0 saturated carbocycles. The lowest BCUT2D eigenvalue weighted by Gasteiger charge is -2.40. The third-order valence-corrected chi connectivity index (χ3v) is 5.09. The molecule has 0 aromatic heterocycles. The van der Waals surface area contributed by atoms with E-state index in [0.29, 0.717) is 19.0 Å². The average molecular weight is 355 g/mol. The van der Waals surface area contributed by atoms with E-state index in [4.69, 9.17) is 4.74 Å². The van der Waals surface area contributed by atoms with Gasteiger partial charge in [0.15, 0.2) is 0 Å². The second-order valence-corrected chi connectivity index (χ2v) is 8.35. The van der Waals surface area contributed by atoms with Crippen molar-refractivity contribution in [2.75, 3.05) is 46.3 Å². The Morgan fingerprint density at radius 3 is 2.32 bits per heavy atom. The van der Waals surface area contributed by atoms with E-state index in [9.17, 15) is 14.7 Å². The molecule has 2 fully saturated rings. The molecule has 1 unspecified atom stereocenters. The Kier molecular flexibility index (Phi) is 6.68. The molecular formula is C18H33N3O4. The fourth-order valence-electron chi connectivity index (χ4n) is 3.51. The maximum absolute atomic E-state index is 12.2. The van der Waals surface area contributed by atoms with Gasteiger partial charge in [-0.1, -0.05) is 0 Å². The lowest BCUT2D eigenvalue weighted by Crippen LogP contribution is -2.58. The van der Waals surface area contributed by atoms with Gasteiger partial charge in [0, 0.05) is 13.1 Å². The van der Waals surface area contributed by atoms with E-state index >= 15 is 0 Å². The molecule has 7 heteroatoms. The number of aliphatic carboxylic acids is 1.